The van der Waals surface area contributed by atoms with E-state index in [1.54, 1.807) is 6.07 Å². The van der Waals surface area contributed by atoms with Crippen molar-refractivity contribution in [3.05, 3.63) is 35.1 Å². The molecular formula is C9H11ClFN. The van der Waals surface area contributed by atoms with Gasteiger partial charge in [-0.1, -0.05) is 12.1 Å². The van der Waals surface area contributed by atoms with Crippen LogP contribution in [0.5, 0.6) is 0 Å². The molecule has 0 saturated heterocycles. The highest BCUT2D eigenvalue weighted by Crippen LogP contribution is 2.16. The smallest absolute Gasteiger partial charge is 0.127 e. The number of benzene rings is 1. The highest BCUT2D eigenvalue weighted by molar-refractivity contribution is 5.85. The van der Waals surface area contributed by atoms with Crippen LogP contribution in [0, 0.1) is 5.82 Å². The largest absolute Gasteiger partial charge is 0.312 e. The van der Waals surface area contributed by atoms with Crippen molar-refractivity contribution in [3.8, 4) is 0 Å². The van der Waals surface area contributed by atoms with E-state index in [4.69, 9.17) is 0 Å². The molecule has 0 aliphatic carbocycles. The van der Waals surface area contributed by atoms with Gasteiger partial charge in [-0.3, -0.25) is 0 Å². The topological polar surface area (TPSA) is 12.0 Å². The molecule has 1 aliphatic heterocycles. The van der Waals surface area contributed by atoms with Crippen molar-refractivity contribution in [1.82, 2.24) is 5.32 Å². The van der Waals surface area contributed by atoms with Gasteiger partial charge in [0.15, 0.2) is 0 Å². The van der Waals surface area contributed by atoms with Gasteiger partial charge in [-0.25, -0.2) is 4.39 Å². The van der Waals surface area contributed by atoms with E-state index in [0.29, 0.717) is 6.54 Å². The first kappa shape index (κ1) is 9.49. The normalized spacial score (nSPS) is 14.8. The summed E-state index contributed by atoms with van der Waals surface area (Å²) in [4.78, 5) is 0. The average Bonchev–Trinajstić information content (AvgIpc) is 2.06. The van der Waals surface area contributed by atoms with Crippen LogP contribution in [0.2, 0.25) is 0 Å². The summed E-state index contributed by atoms with van der Waals surface area (Å²) in [6.45, 7) is 1.65. The Labute approximate surface area is 77.4 Å². The maximum Gasteiger partial charge on any atom is 0.127 e. The first-order chi connectivity index (χ1) is 5.38. The molecule has 1 aromatic carbocycles. The molecule has 1 nitrogen and oxygen atoms in total. The fraction of sp³-hybridized carbons (Fsp3) is 0.333. The number of fused-ring (bicyclic) bond motifs is 1. The zero-order valence-corrected chi connectivity index (χ0v) is 7.46. The molecule has 2 rings (SSSR count). The lowest BCUT2D eigenvalue weighted by atomic mass is 10.0. The summed E-state index contributed by atoms with van der Waals surface area (Å²) in [6, 6.07) is 5.30. The van der Waals surface area contributed by atoms with E-state index in [2.05, 4.69) is 5.32 Å². The summed E-state index contributed by atoms with van der Waals surface area (Å²) in [7, 11) is 0. The van der Waals surface area contributed by atoms with Gasteiger partial charge in [0.1, 0.15) is 5.82 Å². The molecule has 3 heteroatoms. The van der Waals surface area contributed by atoms with Crippen LogP contribution in [0.25, 0.3) is 0 Å². The Hall–Kier alpha value is -0.600. The summed E-state index contributed by atoms with van der Waals surface area (Å²) in [5.41, 5.74) is 2.00. The van der Waals surface area contributed by atoms with Gasteiger partial charge in [-0.05, 0) is 24.6 Å². The Morgan fingerprint density at radius 1 is 1.33 bits per heavy atom. The Morgan fingerprint density at radius 2 is 2.17 bits per heavy atom. The lowest BCUT2D eigenvalue weighted by molar-refractivity contribution is 0.563. The van der Waals surface area contributed by atoms with Crippen molar-refractivity contribution in [2.24, 2.45) is 0 Å². The molecule has 0 spiro atoms. The summed E-state index contributed by atoms with van der Waals surface area (Å²) < 4.78 is 13.0. The van der Waals surface area contributed by atoms with Crippen LogP contribution in [0.4, 0.5) is 4.39 Å². The number of nitrogens with one attached hydrogen (secondary N) is 1. The van der Waals surface area contributed by atoms with E-state index in [-0.39, 0.29) is 18.2 Å². The summed E-state index contributed by atoms with van der Waals surface area (Å²) in [5.74, 6) is -0.0744. The van der Waals surface area contributed by atoms with Crippen molar-refractivity contribution in [2.75, 3.05) is 6.54 Å². The molecule has 0 aromatic heterocycles. The number of halogens is 2. The molecule has 0 unspecified atom stereocenters. The number of hydrogen-bond donors (Lipinski definition) is 1. The fourth-order valence-corrected chi connectivity index (χ4v) is 1.47. The zero-order chi connectivity index (χ0) is 7.68. The van der Waals surface area contributed by atoms with Gasteiger partial charge in [0.25, 0.3) is 0 Å². The Kier molecular flexibility index (Phi) is 3.06. The minimum atomic E-state index is -0.0744. The van der Waals surface area contributed by atoms with Gasteiger partial charge in [-0.15, -0.1) is 12.4 Å². The van der Waals surface area contributed by atoms with E-state index >= 15 is 0 Å². The van der Waals surface area contributed by atoms with Crippen LogP contribution in [-0.2, 0) is 13.0 Å². The monoisotopic (exact) mass is 187 g/mol. The van der Waals surface area contributed by atoms with Gasteiger partial charge >= 0.3 is 0 Å². The van der Waals surface area contributed by atoms with Crippen LogP contribution in [-0.4, -0.2) is 6.54 Å². The second-order valence-electron chi connectivity index (χ2n) is 2.80. The minimum Gasteiger partial charge on any atom is -0.312 e. The third kappa shape index (κ3) is 1.59. The molecule has 0 saturated carbocycles. The van der Waals surface area contributed by atoms with Crippen LogP contribution in [0.1, 0.15) is 11.1 Å². The quantitative estimate of drug-likeness (QED) is 0.654. The molecule has 66 valence electrons. The minimum absolute atomic E-state index is 0. The first-order valence-electron chi connectivity index (χ1n) is 3.85. The number of rotatable bonds is 0. The zero-order valence-electron chi connectivity index (χ0n) is 6.64. The second-order valence-corrected chi connectivity index (χ2v) is 2.80. The molecule has 1 N–H and O–H groups in total. The van der Waals surface area contributed by atoms with Crippen LogP contribution in [0.15, 0.2) is 18.2 Å². The Balaban J connectivity index is 0.000000720. The van der Waals surface area contributed by atoms with Crippen molar-refractivity contribution < 1.29 is 4.39 Å². The Morgan fingerprint density at radius 3 is 2.92 bits per heavy atom. The van der Waals surface area contributed by atoms with Gasteiger partial charge in [0, 0.05) is 12.1 Å². The van der Waals surface area contributed by atoms with Gasteiger partial charge in [0.2, 0.25) is 0 Å². The van der Waals surface area contributed by atoms with Crippen molar-refractivity contribution in [2.45, 2.75) is 13.0 Å². The first-order valence-corrected chi connectivity index (χ1v) is 3.85. The Bertz CT molecular complexity index is 275. The van der Waals surface area contributed by atoms with Crippen LogP contribution < -0.4 is 5.32 Å². The molecule has 1 aromatic rings. The maximum atomic E-state index is 13.0. The predicted molar refractivity (Wildman–Crippen MR) is 49.1 cm³/mol. The molecule has 0 radical (unpaired) electrons. The molecular weight excluding hydrogens is 177 g/mol. The van der Waals surface area contributed by atoms with Crippen molar-refractivity contribution in [1.29, 1.82) is 0 Å². The van der Waals surface area contributed by atoms with Gasteiger partial charge in [0.05, 0.1) is 0 Å². The van der Waals surface area contributed by atoms with Gasteiger partial charge < -0.3 is 5.32 Å². The highest BCUT2D eigenvalue weighted by atomic mass is 35.5. The third-order valence-corrected chi connectivity index (χ3v) is 2.09. The van der Waals surface area contributed by atoms with Crippen LogP contribution >= 0.6 is 12.4 Å². The SMILES string of the molecule is Cl.Fc1cccc2c1CNCC2. The van der Waals surface area contributed by atoms with Crippen molar-refractivity contribution >= 4 is 12.4 Å². The summed E-state index contributed by atoms with van der Waals surface area (Å²) in [6.07, 6.45) is 0.951. The third-order valence-electron chi connectivity index (χ3n) is 2.09. The molecule has 0 fully saturated rings. The van der Waals surface area contributed by atoms with Crippen LogP contribution in [0.3, 0.4) is 0 Å². The van der Waals surface area contributed by atoms with E-state index in [1.165, 1.54) is 6.07 Å². The second kappa shape index (κ2) is 3.87. The summed E-state index contributed by atoms with van der Waals surface area (Å²) >= 11 is 0. The summed E-state index contributed by atoms with van der Waals surface area (Å²) in [5, 5.41) is 3.14. The lowest BCUT2D eigenvalue weighted by Gasteiger charge is -2.16. The molecule has 0 atom stereocenters. The van der Waals surface area contributed by atoms with E-state index in [1.807, 2.05) is 6.07 Å². The average molecular weight is 188 g/mol. The molecule has 0 amide bonds. The maximum absolute atomic E-state index is 13.0. The van der Waals surface area contributed by atoms with E-state index in [0.717, 1.165) is 24.1 Å². The van der Waals surface area contributed by atoms with E-state index < -0.39 is 0 Å². The highest BCUT2D eigenvalue weighted by Gasteiger charge is 2.11. The molecule has 12 heavy (non-hydrogen) atoms. The standard InChI is InChI=1S/C9H10FN.ClH/c10-9-3-1-2-7-4-5-11-6-8(7)9;/h1-3,11H,4-6H2;1H. The van der Waals surface area contributed by atoms with Crippen molar-refractivity contribution in [3.63, 3.8) is 0 Å². The fourth-order valence-electron chi connectivity index (χ4n) is 1.47. The molecule has 0 bridgehead atoms. The predicted octanol–water partition coefficient (Wildman–Crippen LogP) is 1.89. The number of hydrogen-bond acceptors (Lipinski definition) is 1. The van der Waals surface area contributed by atoms with E-state index in [9.17, 15) is 4.39 Å². The van der Waals surface area contributed by atoms with Gasteiger partial charge in [-0.2, -0.15) is 0 Å². The molecule has 1 heterocycles. The molecule has 1 aliphatic rings. The lowest BCUT2D eigenvalue weighted by Crippen LogP contribution is -2.24.